The van der Waals surface area contributed by atoms with Crippen LogP contribution in [0, 0.1) is 5.82 Å². The molecule has 1 aromatic carbocycles. The second-order valence-corrected chi connectivity index (χ2v) is 6.75. The van der Waals surface area contributed by atoms with Crippen LogP contribution in [0.1, 0.15) is 10.7 Å². The number of hydrogen-bond donors (Lipinski definition) is 1. The standard InChI is InChI=1S/C16H15FN4OS2/c1-23-16-20-19-14(21(16)12-6-4-11(17)5-7-12)10-18-15(22)9-13-3-2-8-24-13/h2-8H,9-10H2,1H3,(H,18,22). The highest BCUT2D eigenvalue weighted by molar-refractivity contribution is 7.98. The lowest BCUT2D eigenvalue weighted by Gasteiger charge is -2.10. The normalized spacial score (nSPS) is 10.8. The molecule has 0 atom stereocenters. The van der Waals surface area contributed by atoms with Crippen LogP contribution in [0.2, 0.25) is 0 Å². The van der Waals surface area contributed by atoms with Gasteiger partial charge in [0.15, 0.2) is 11.0 Å². The Morgan fingerprint density at radius 1 is 1.29 bits per heavy atom. The molecule has 2 heterocycles. The molecule has 0 unspecified atom stereocenters. The van der Waals surface area contributed by atoms with E-state index in [2.05, 4.69) is 15.5 Å². The van der Waals surface area contributed by atoms with E-state index < -0.39 is 0 Å². The number of hydrogen-bond acceptors (Lipinski definition) is 5. The van der Waals surface area contributed by atoms with E-state index in [0.29, 0.717) is 17.4 Å². The number of amides is 1. The van der Waals surface area contributed by atoms with Gasteiger partial charge in [0.1, 0.15) is 5.82 Å². The Morgan fingerprint density at radius 3 is 2.75 bits per heavy atom. The molecule has 0 radical (unpaired) electrons. The third kappa shape index (κ3) is 3.82. The SMILES string of the molecule is CSc1nnc(CNC(=O)Cc2cccs2)n1-c1ccc(F)cc1. The molecule has 0 aliphatic carbocycles. The van der Waals surface area contributed by atoms with Gasteiger partial charge in [0, 0.05) is 10.6 Å². The van der Waals surface area contributed by atoms with Crippen LogP contribution in [0.3, 0.4) is 0 Å². The third-order valence-electron chi connectivity index (χ3n) is 3.33. The number of carbonyl (C=O) groups excluding carboxylic acids is 1. The van der Waals surface area contributed by atoms with E-state index in [1.165, 1.54) is 23.9 Å². The lowest BCUT2D eigenvalue weighted by atomic mass is 10.3. The topological polar surface area (TPSA) is 59.8 Å². The van der Waals surface area contributed by atoms with Crippen molar-refractivity contribution >= 4 is 29.0 Å². The molecule has 5 nitrogen and oxygen atoms in total. The van der Waals surface area contributed by atoms with Crippen molar-refractivity contribution in [3.05, 3.63) is 58.3 Å². The van der Waals surface area contributed by atoms with E-state index in [9.17, 15) is 9.18 Å². The molecule has 0 saturated carbocycles. The summed E-state index contributed by atoms with van der Waals surface area (Å²) in [5.41, 5.74) is 0.758. The van der Waals surface area contributed by atoms with Gasteiger partial charge in [-0.15, -0.1) is 21.5 Å². The average Bonchev–Trinajstić information content (AvgIpc) is 3.23. The minimum atomic E-state index is -0.302. The molecule has 2 aromatic heterocycles. The van der Waals surface area contributed by atoms with E-state index >= 15 is 0 Å². The first-order valence-corrected chi connectivity index (χ1v) is 9.31. The Kier molecular flexibility index (Phi) is 5.27. The van der Waals surface area contributed by atoms with Gasteiger partial charge in [0.05, 0.1) is 13.0 Å². The highest BCUT2D eigenvalue weighted by Crippen LogP contribution is 2.20. The minimum Gasteiger partial charge on any atom is -0.348 e. The number of rotatable bonds is 6. The molecule has 1 amide bonds. The highest BCUT2D eigenvalue weighted by atomic mass is 32.2. The smallest absolute Gasteiger partial charge is 0.225 e. The summed E-state index contributed by atoms with van der Waals surface area (Å²) >= 11 is 2.99. The molecule has 3 aromatic rings. The number of halogens is 1. The summed E-state index contributed by atoms with van der Waals surface area (Å²) in [4.78, 5) is 13.0. The van der Waals surface area contributed by atoms with Gasteiger partial charge in [0.25, 0.3) is 0 Å². The largest absolute Gasteiger partial charge is 0.348 e. The van der Waals surface area contributed by atoms with Gasteiger partial charge < -0.3 is 5.32 Å². The zero-order valence-electron chi connectivity index (χ0n) is 12.9. The van der Waals surface area contributed by atoms with Crippen molar-refractivity contribution in [1.29, 1.82) is 0 Å². The van der Waals surface area contributed by atoms with Crippen molar-refractivity contribution in [3.8, 4) is 5.69 Å². The molecule has 124 valence electrons. The molecular formula is C16H15FN4OS2. The summed E-state index contributed by atoms with van der Waals surface area (Å²) in [7, 11) is 0. The monoisotopic (exact) mass is 362 g/mol. The summed E-state index contributed by atoms with van der Waals surface area (Å²) < 4.78 is 15.0. The Bertz CT molecular complexity index is 815. The summed E-state index contributed by atoms with van der Waals surface area (Å²) in [6.45, 7) is 0.259. The summed E-state index contributed by atoms with van der Waals surface area (Å²) in [5.74, 6) is 0.227. The van der Waals surface area contributed by atoms with Crippen molar-refractivity contribution < 1.29 is 9.18 Å². The van der Waals surface area contributed by atoms with Crippen molar-refractivity contribution in [1.82, 2.24) is 20.1 Å². The molecule has 0 fully saturated rings. The number of nitrogens with zero attached hydrogens (tertiary/aromatic N) is 3. The third-order valence-corrected chi connectivity index (χ3v) is 4.83. The number of thioether (sulfide) groups is 1. The Hall–Kier alpha value is -2.19. The zero-order valence-corrected chi connectivity index (χ0v) is 14.5. The fourth-order valence-corrected chi connectivity index (χ4v) is 3.43. The number of carbonyl (C=O) groups is 1. The highest BCUT2D eigenvalue weighted by Gasteiger charge is 2.14. The van der Waals surface area contributed by atoms with E-state index in [1.54, 1.807) is 23.5 Å². The van der Waals surface area contributed by atoms with Crippen LogP contribution in [0.5, 0.6) is 0 Å². The van der Waals surface area contributed by atoms with E-state index in [1.807, 2.05) is 28.3 Å². The van der Waals surface area contributed by atoms with Crippen molar-refractivity contribution in [2.24, 2.45) is 0 Å². The molecule has 0 saturated heterocycles. The quantitative estimate of drug-likeness (QED) is 0.685. The first-order valence-electron chi connectivity index (χ1n) is 7.20. The van der Waals surface area contributed by atoms with Gasteiger partial charge in [-0.1, -0.05) is 17.8 Å². The fourth-order valence-electron chi connectivity index (χ4n) is 2.21. The number of benzene rings is 1. The van der Waals surface area contributed by atoms with Gasteiger partial charge >= 0.3 is 0 Å². The minimum absolute atomic E-state index is 0.0724. The molecule has 0 bridgehead atoms. The zero-order chi connectivity index (χ0) is 16.9. The summed E-state index contributed by atoms with van der Waals surface area (Å²) in [6.07, 6.45) is 2.24. The maximum absolute atomic E-state index is 13.1. The molecule has 1 N–H and O–H groups in total. The molecule has 8 heteroatoms. The second kappa shape index (κ2) is 7.59. The van der Waals surface area contributed by atoms with Crippen LogP contribution in [0.4, 0.5) is 4.39 Å². The van der Waals surface area contributed by atoms with E-state index in [0.717, 1.165) is 10.6 Å². The molecule has 0 aliphatic heterocycles. The van der Waals surface area contributed by atoms with E-state index in [4.69, 9.17) is 0 Å². The van der Waals surface area contributed by atoms with Crippen molar-refractivity contribution in [2.45, 2.75) is 18.1 Å². The van der Waals surface area contributed by atoms with Crippen molar-refractivity contribution in [3.63, 3.8) is 0 Å². The fraction of sp³-hybridized carbons (Fsp3) is 0.188. The maximum atomic E-state index is 13.1. The predicted molar refractivity (Wildman–Crippen MR) is 93.0 cm³/mol. The van der Waals surface area contributed by atoms with Crippen LogP contribution in [-0.4, -0.2) is 26.9 Å². The Labute approximate surface area is 146 Å². The summed E-state index contributed by atoms with van der Waals surface area (Å²) in [5, 5.41) is 13.7. The molecule has 0 aliphatic rings. The first-order chi connectivity index (χ1) is 11.7. The Balaban J connectivity index is 1.75. The van der Waals surface area contributed by atoms with Crippen LogP contribution >= 0.6 is 23.1 Å². The number of nitrogens with one attached hydrogen (secondary N) is 1. The first kappa shape index (κ1) is 16.7. The van der Waals surface area contributed by atoms with Crippen LogP contribution in [0.15, 0.2) is 46.9 Å². The van der Waals surface area contributed by atoms with Gasteiger partial charge in [-0.2, -0.15) is 0 Å². The lowest BCUT2D eigenvalue weighted by Crippen LogP contribution is -2.25. The molecular weight excluding hydrogens is 347 g/mol. The van der Waals surface area contributed by atoms with Gasteiger partial charge in [0.2, 0.25) is 5.91 Å². The predicted octanol–water partition coefficient (Wildman–Crippen LogP) is 3.05. The number of thiophene rings is 1. The van der Waals surface area contributed by atoms with Crippen molar-refractivity contribution in [2.75, 3.05) is 6.26 Å². The molecule has 3 rings (SSSR count). The van der Waals surface area contributed by atoms with Crippen LogP contribution in [-0.2, 0) is 17.8 Å². The van der Waals surface area contributed by atoms with Crippen LogP contribution in [0.25, 0.3) is 5.69 Å². The second-order valence-electron chi connectivity index (χ2n) is 4.95. The van der Waals surface area contributed by atoms with Crippen LogP contribution < -0.4 is 5.32 Å². The van der Waals surface area contributed by atoms with Gasteiger partial charge in [-0.25, -0.2) is 4.39 Å². The summed E-state index contributed by atoms with van der Waals surface area (Å²) in [6, 6.07) is 9.95. The Morgan fingerprint density at radius 2 is 2.08 bits per heavy atom. The van der Waals surface area contributed by atoms with Gasteiger partial charge in [-0.05, 0) is 42.0 Å². The van der Waals surface area contributed by atoms with Gasteiger partial charge in [-0.3, -0.25) is 9.36 Å². The van der Waals surface area contributed by atoms with E-state index in [-0.39, 0.29) is 18.3 Å². The lowest BCUT2D eigenvalue weighted by molar-refractivity contribution is -0.120. The average molecular weight is 362 g/mol. The number of aromatic nitrogens is 3. The maximum Gasteiger partial charge on any atom is 0.225 e. The molecule has 24 heavy (non-hydrogen) atoms. The molecule has 0 spiro atoms.